The van der Waals surface area contributed by atoms with Crippen LogP contribution in [0.15, 0.2) is 39.3 Å². The number of azo groups is 1. The van der Waals surface area contributed by atoms with Gasteiger partial charge in [0.2, 0.25) is 5.88 Å². The number of hydrogen-bond acceptors (Lipinski definition) is 6. The Kier molecular flexibility index (Phi) is 15.5. The van der Waals surface area contributed by atoms with Gasteiger partial charge in [0, 0.05) is 30.7 Å². The van der Waals surface area contributed by atoms with Gasteiger partial charge in [0.25, 0.3) is 17.4 Å². The van der Waals surface area contributed by atoms with Crippen LogP contribution < -0.4 is 5.56 Å². The maximum Gasteiger partial charge on any atom is 0.278 e. The molecule has 0 spiro atoms. The van der Waals surface area contributed by atoms with Crippen molar-refractivity contribution in [2.45, 2.75) is 126 Å². The molecule has 0 aliphatic heterocycles. The lowest BCUT2D eigenvalue weighted by Gasteiger charge is -2.31. The minimum absolute atomic E-state index is 0.0168. The molecule has 9 heteroatoms. The average Bonchev–Trinajstić information content (AvgIpc) is 2.99. The van der Waals surface area contributed by atoms with Crippen molar-refractivity contribution in [2.75, 3.05) is 13.1 Å². The number of aromatic hydroxyl groups is 1. The number of nitrogens with zero attached hydrogens (tertiary/aromatic N) is 4. The summed E-state index contributed by atoms with van der Waals surface area (Å²) >= 11 is 0. The number of benzene rings is 1. The molecule has 1 aromatic heterocycles. The highest BCUT2D eigenvalue weighted by atomic mass is 16.3. The Morgan fingerprint density at radius 3 is 1.87 bits per heavy atom. The van der Waals surface area contributed by atoms with E-state index in [1.165, 1.54) is 0 Å². The van der Waals surface area contributed by atoms with E-state index in [2.05, 4.69) is 42.9 Å². The number of carbonyl (C=O) groups excluding carboxylic acids is 2. The number of rotatable bonds is 18. The van der Waals surface area contributed by atoms with Crippen molar-refractivity contribution in [3.63, 3.8) is 0 Å². The predicted molar refractivity (Wildman–Crippen MR) is 183 cm³/mol. The Morgan fingerprint density at radius 1 is 0.844 bits per heavy atom. The average molecular weight is 624 g/mol. The molecule has 0 radical (unpaired) electrons. The summed E-state index contributed by atoms with van der Waals surface area (Å²) in [5.74, 6) is -0.170. The van der Waals surface area contributed by atoms with Crippen LogP contribution in [0.4, 0.5) is 11.4 Å². The molecule has 0 saturated carbocycles. The molecule has 1 heterocycles. The summed E-state index contributed by atoms with van der Waals surface area (Å²) in [6, 6.07) is 6.82. The zero-order valence-corrected chi connectivity index (χ0v) is 29.2. The minimum atomic E-state index is -0.667. The van der Waals surface area contributed by atoms with Gasteiger partial charge in [0.05, 0.1) is 11.3 Å². The molecule has 45 heavy (non-hydrogen) atoms. The van der Waals surface area contributed by atoms with E-state index in [-0.39, 0.29) is 34.8 Å². The molecule has 2 aromatic rings. The van der Waals surface area contributed by atoms with Crippen LogP contribution in [0.1, 0.15) is 133 Å². The Balaban J connectivity index is 2.55. The molecule has 2 N–H and O–H groups in total. The van der Waals surface area contributed by atoms with E-state index in [4.69, 9.17) is 0 Å². The molecule has 0 bridgehead atoms. The van der Waals surface area contributed by atoms with Gasteiger partial charge in [-0.2, -0.15) is 0 Å². The Labute approximate surface area is 270 Å². The molecule has 1 aromatic carbocycles. The van der Waals surface area contributed by atoms with Crippen molar-refractivity contribution < 1.29 is 14.7 Å². The number of carbonyl (C=O) groups is 2. The summed E-state index contributed by atoms with van der Waals surface area (Å²) < 4.78 is 0. The van der Waals surface area contributed by atoms with Crippen molar-refractivity contribution in [1.29, 1.82) is 0 Å². The smallest absolute Gasteiger partial charge is 0.278 e. The van der Waals surface area contributed by atoms with Crippen LogP contribution in [0.25, 0.3) is 0 Å². The number of unbranched alkanes of at least 4 members (excludes halogenated alkanes) is 2. The van der Waals surface area contributed by atoms with Crippen molar-refractivity contribution in [3.8, 4) is 5.88 Å². The molecule has 2 unspecified atom stereocenters. The van der Waals surface area contributed by atoms with E-state index in [0.717, 1.165) is 51.4 Å². The second kappa shape index (κ2) is 18.5. The molecule has 0 aliphatic carbocycles. The van der Waals surface area contributed by atoms with Crippen molar-refractivity contribution in [2.24, 2.45) is 22.1 Å². The van der Waals surface area contributed by atoms with Crippen LogP contribution in [0.3, 0.4) is 0 Å². The molecule has 2 rings (SSSR count). The van der Waals surface area contributed by atoms with Crippen LogP contribution in [0, 0.1) is 18.8 Å². The summed E-state index contributed by atoms with van der Waals surface area (Å²) in [5, 5.41) is 19.3. The number of nitrogens with one attached hydrogen (secondary N) is 1. The van der Waals surface area contributed by atoms with Crippen molar-refractivity contribution >= 4 is 23.2 Å². The molecular formula is C36H57N5O4. The normalized spacial score (nSPS) is 13.0. The van der Waals surface area contributed by atoms with Crippen LogP contribution in [-0.2, 0) is 0 Å². The van der Waals surface area contributed by atoms with Crippen LogP contribution >= 0.6 is 0 Å². The Morgan fingerprint density at radius 2 is 1.38 bits per heavy atom. The van der Waals surface area contributed by atoms with Gasteiger partial charge in [-0.05, 0) is 71.4 Å². The fourth-order valence-corrected chi connectivity index (χ4v) is 5.99. The number of H-pyrrole nitrogens is 1. The number of pyridine rings is 1. The van der Waals surface area contributed by atoms with E-state index >= 15 is 0 Å². The van der Waals surface area contributed by atoms with Gasteiger partial charge in [0.1, 0.15) is 5.56 Å². The Hall–Kier alpha value is -3.49. The second-order valence-electron chi connectivity index (χ2n) is 12.8. The van der Waals surface area contributed by atoms with Gasteiger partial charge < -0.3 is 14.9 Å². The molecule has 0 fully saturated rings. The third-order valence-corrected chi connectivity index (χ3v) is 8.70. The zero-order chi connectivity index (χ0) is 33.7. The molecule has 2 amide bonds. The molecule has 0 aliphatic rings. The molecule has 2 atom stereocenters. The summed E-state index contributed by atoms with van der Waals surface area (Å²) in [5.41, 5.74) is 0.231. The highest BCUT2D eigenvalue weighted by Gasteiger charge is 2.29. The number of aromatic nitrogens is 1. The predicted octanol–water partition coefficient (Wildman–Crippen LogP) is 8.94. The number of hydrogen-bond donors (Lipinski definition) is 2. The van der Waals surface area contributed by atoms with Gasteiger partial charge in [-0.15, -0.1) is 10.2 Å². The van der Waals surface area contributed by atoms with Gasteiger partial charge in [-0.1, -0.05) is 78.4 Å². The van der Waals surface area contributed by atoms with E-state index in [0.29, 0.717) is 36.2 Å². The quantitative estimate of drug-likeness (QED) is 0.161. The second-order valence-corrected chi connectivity index (χ2v) is 12.8. The first-order valence-corrected chi connectivity index (χ1v) is 17.0. The van der Waals surface area contributed by atoms with Crippen LogP contribution in [0.2, 0.25) is 0 Å². The maximum atomic E-state index is 14.2. The monoisotopic (exact) mass is 623 g/mol. The molecule has 9 nitrogen and oxygen atoms in total. The highest BCUT2D eigenvalue weighted by Crippen LogP contribution is 2.30. The first kappa shape index (κ1) is 37.7. The third-order valence-electron chi connectivity index (χ3n) is 8.70. The van der Waals surface area contributed by atoms with Gasteiger partial charge in [-0.25, -0.2) is 0 Å². The van der Waals surface area contributed by atoms with Crippen LogP contribution in [0.5, 0.6) is 5.88 Å². The zero-order valence-electron chi connectivity index (χ0n) is 29.2. The van der Waals surface area contributed by atoms with E-state index in [9.17, 15) is 19.5 Å². The number of aromatic amines is 1. The van der Waals surface area contributed by atoms with E-state index < -0.39 is 17.3 Å². The van der Waals surface area contributed by atoms with Crippen LogP contribution in [-0.4, -0.2) is 56.9 Å². The van der Waals surface area contributed by atoms with Gasteiger partial charge in [-0.3, -0.25) is 19.4 Å². The Bertz CT molecular complexity index is 1310. The van der Waals surface area contributed by atoms with E-state index in [1.54, 1.807) is 30.0 Å². The molecule has 0 saturated heterocycles. The first-order valence-electron chi connectivity index (χ1n) is 17.0. The van der Waals surface area contributed by atoms with Crippen molar-refractivity contribution in [1.82, 2.24) is 14.8 Å². The van der Waals surface area contributed by atoms with E-state index in [1.807, 2.05) is 38.7 Å². The minimum Gasteiger partial charge on any atom is -0.494 e. The lowest BCUT2D eigenvalue weighted by Crippen LogP contribution is -2.42. The maximum absolute atomic E-state index is 14.2. The lowest BCUT2D eigenvalue weighted by atomic mass is 9.95. The summed E-state index contributed by atoms with van der Waals surface area (Å²) in [7, 11) is 0. The largest absolute Gasteiger partial charge is 0.494 e. The molecule has 250 valence electrons. The topological polar surface area (TPSA) is 118 Å². The summed E-state index contributed by atoms with van der Waals surface area (Å²) in [4.78, 5) is 46.7. The number of amides is 2. The molecular weight excluding hydrogens is 566 g/mol. The first-order chi connectivity index (χ1) is 21.4. The lowest BCUT2D eigenvalue weighted by molar-refractivity contribution is 0.0637. The van der Waals surface area contributed by atoms with Gasteiger partial charge in [0.15, 0.2) is 5.69 Å². The van der Waals surface area contributed by atoms with Gasteiger partial charge >= 0.3 is 0 Å². The highest BCUT2D eigenvalue weighted by molar-refractivity contribution is 6.00. The fourth-order valence-electron chi connectivity index (χ4n) is 5.99. The standard InChI is InChI=1S/C36H57N5O4/c1-10-14-18-27(12-3)22-40(23-28(13-4)19-15-11-2)35(44)29-20-16-17-21-30(29)38-39-32-26(9)31(33(42)37-34(32)43)36(45)41(24(5)6)25(7)8/h16-17,20-21,24-25,27-28H,10-15,18-19,22-23H2,1-9H3,(H2,37,42,43). The summed E-state index contributed by atoms with van der Waals surface area (Å²) in [6.07, 6.45) is 8.69. The fraction of sp³-hybridized carbons (Fsp3) is 0.639. The van der Waals surface area contributed by atoms with Crippen molar-refractivity contribution in [3.05, 3.63) is 51.3 Å². The SMILES string of the molecule is CCCCC(CC)CN(CC(CC)CCCC)C(=O)c1ccccc1N=Nc1c(C)c(C(=O)N(C(C)C)C(C)C)c(O)[nH]c1=O. The third kappa shape index (κ3) is 10.3. The summed E-state index contributed by atoms with van der Waals surface area (Å²) in [6.45, 7) is 19.3.